The summed E-state index contributed by atoms with van der Waals surface area (Å²) in [4.78, 5) is 0. The Balaban J connectivity index is 0.000000210. The largest absolute Gasteiger partial charge is 0.735 e. The van der Waals surface area contributed by atoms with Crippen molar-refractivity contribution >= 4 is 30.9 Å². The van der Waals surface area contributed by atoms with Gasteiger partial charge in [0.25, 0.3) is 0 Å². The normalized spacial score (nSPS) is 26.8. The number of rotatable bonds is 11. The van der Waals surface area contributed by atoms with Crippen molar-refractivity contribution in [1.29, 1.82) is 0 Å². The lowest BCUT2D eigenvalue weighted by molar-refractivity contribution is 0.194. The fourth-order valence-electron chi connectivity index (χ4n) is 10.8. The molecule has 10 atom stereocenters. The van der Waals surface area contributed by atoms with Crippen LogP contribution >= 0.6 is 0 Å². The van der Waals surface area contributed by atoms with Gasteiger partial charge in [0.15, 0.2) is 20.6 Å². The lowest BCUT2D eigenvalue weighted by Gasteiger charge is -2.30. The summed E-state index contributed by atoms with van der Waals surface area (Å²) >= 11 is 0. The Morgan fingerprint density at radius 3 is 1.19 bits per heavy atom. The summed E-state index contributed by atoms with van der Waals surface area (Å²) in [6.45, 7) is -8.20. The van der Waals surface area contributed by atoms with Crippen LogP contribution in [0.2, 0.25) is 0 Å². The summed E-state index contributed by atoms with van der Waals surface area (Å²) in [5, 5.41) is 0. The highest BCUT2D eigenvalue weighted by molar-refractivity contribution is 7.84. The number of fused-ring (bicyclic) bond motifs is 7. The van der Waals surface area contributed by atoms with E-state index in [1.54, 1.807) is 60.4 Å². The van der Waals surface area contributed by atoms with Gasteiger partial charge in [0.05, 0.1) is 45.8 Å². The zero-order valence-electron chi connectivity index (χ0n) is 54.9. The first kappa shape index (κ1) is 52.7. The Hall–Kier alpha value is -7.03. The predicted molar refractivity (Wildman–Crippen MR) is 313 cm³/mol. The molecule has 5 aliphatic carbocycles. The smallest absolute Gasteiger partial charge is 0.340 e. The van der Waals surface area contributed by atoms with Crippen molar-refractivity contribution in [2.45, 2.75) is 118 Å². The number of alkyl halides is 4. The lowest BCUT2D eigenvalue weighted by atomic mass is 9.95. The van der Waals surface area contributed by atoms with Crippen molar-refractivity contribution in [3.05, 3.63) is 192 Å². The van der Waals surface area contributed by atoms with E-state index >= 15 is 0 Å². The Labute approximate surface area is 503 Å². The van der Waals surface area contributed by atoms with Gasteiger partial charge in [-0.1, -0.05) is 139 Å². The second-order valence-electron chi connectivity index (χ2n) is 18.8. The molecule has 1 heterocycles. The third-order valence-electron chi connectivity index (χ3n) is 14.1. The van der Waals surface area contributed by atoms with E-state index < -0.39 is 124 Å². The first-order chi connectivity index (χ1) is 42.3. The van der Waals surface area contributed by atoms with E-state index in [0.717, 1.165) is 33.4 Å². The molecule has 1 saturated heterocycles. The minimum Gasteiger partial charge on any atom is -0.735 e. The van der Waals surface area contributed by atoms with Gasteiger partial charge >= 0.3 is 10.3 Å². The van der Waals surface area contributed by atoms with Crippen LogP contribution in [0, 0.1) is 76.6 Å². The number of hydrogen-bond acceptors (Lipinski definition) is 9. The van der Waals surface area contributed by atoms with Crippen LogP contribution in [0.1, 0.15) is 125 Å². The SMILES string of the molecule is [2H]C([2H])(C#C)CC1c2ccccc2CC1F.[2H]C([2H])(C#C)CC1c2ccccc2CC1[18F].[2H]C([2H])(C#C)N(C1c2ccccc2CC1F)S(=O)(=O)[O-].[2H]C([2H])(C#C)N(C1c2ccccc2CC1[18F])S(=O)(=O)[O-].[2H]C([2H])(C#C)N1C2c3ccccc3CC2OS1(=O)=O.[CH3+].[CH3+]. The highest BCUT2D eigenvalue weighted by Crippen LogP contribution is 2.45. The Bertz CT molecular complexity index is 3900. The molecular weight excluding hydrogens is 1120 g/mol. The van der Waals surface area contributed by atoms with Gasteiger partial charge in [-0.05, 0) is 68.5 Å². The van der Waals surface area contributed by atoms with Gasteiger partial charge < -0.3 is 9.11 Å². The lowest BCUT2D eigenvalue weighted by Crippen LogP contribution is -2.37. The molecule has 0 bridgehead atoms. The molecule has 0 amide bonds. The summed E-state index contributed by atoms with van der Waals surface area (Å²) < 4.78 is 229. The average molecular weight is 1200 g/mol. The topological polar surface area (TPSA) is 167 Å². The van der Waals surface area contributed by atoms with Crippen molar-refractivity contribution < 1.29 is 69.8 Å². The van der Waals surface area contributed by atoms with Crippen LogP contribution in [-0.2, 0) is 67.2 Å². The predicted octanol–water partition coefficient (Wildman–Crippen LogP) is 9.95. The number of benzene rings is 5. The molecule has 0 radical (unpaired) electrons. The molecule has 12 nitrogen and oxygen atoms in total. The second-order valence-corrected chi connectivity index (χ2v) is 22.8. The van der Waals surface area contributed by atoms with Crippen LogP contribution in [0.5, 0.6) is 0 Å². The second kappa shape index (κ2) is 29.5. The van der Waals surface area contributed by atoms with Gasteiger partial charge in [0.1, 0.15) is 30.8 Å². The van der Waals surface area contributed by atoms with Crippen LogP contribution < -0.4 is 0 Å². The maximum atomic E-state index is 14.1. The van der Waals surface area contributed by atoms with Crippen LogP contribution in [-0.4, -0.2) is 97.6 Å². The summed E-state index contributed by atoms with van der Waals surface area (Å²) in [7, 11) is -14.7. The Morgan fingerprint density at radius 1 is 0.518 bits per heavy atom. The first-order valence-corrected chi connectivity index (χ1v) is 29.0. The molecule has 0 aromatic heterocycles. The highest BCUT2D eigenvalue weighted by Gasteiger charge is 2.51. The maximum Gasteiger partial charge on any atom is 0.340 e. The van der Waals surface area contributed by atoms with E-state index in [-0.39, 0.29) is 60.3 Å². The summed E-state index contributed by atoms with van der Waals surface area (Å²) in [5.41, 5.74) is 7.09. The molecule has 436 valence electrons. The molecule has 5 aromatic carbocycles. The van der Waals surface area contributed by atoms with Crippen LogP contribution in [0.3, 0.4) is 0 Å². The van der Waals surface area contributed by atoms with Crippen molar-refractivity contribution in [3.63, 3.8) is 0 Å². The minimum absolute atomic E-state index is 0. The van der Waals surface area contributed by atoms with Crippen molar-refractivity contribution in [1.82, 2.24) is 12.9 Å². The van der Waals surface area contributed by atoms with E-state index in [1.807, 2.05) is 66.6 Å². The van der Waals surface area contributed by atoms with Crippen LogP contribution in [0.4, 0.5) is 17.6 Å². The molecule has 19 heteroatoms. The molecule has 6 aliphatic rings. The number of terminal acetylenes is 5. The molecule has 0 spiro atoms. The van der Waals surface area contributed by atoms with Crippen LogP contribution in [0.25, 0.3) is 0 Å². The number of hydrogen-bond donors (Lipinski definition) is 0. The number of halogens is 4. The third-order valence-corrected chi connectivity index (χ3v) is 17.0. The maximum absolute atomic E-state index is 14.1. The molecule has 1 fully saturated rings. The quantitative estimate of drug-likeness (QED) is 0.0541. The van der Waals surface area contributed by atoms with E-state index in [9.17, 15) is 51.9 Å². The monoisotopic (exact) mass is 1200 g/mol. The molecule has 1 aliphatic heterocycles. The molecule has 0 N–H and O–H groups in total. The molecule has 0 saturated carbocycles. The van der Waals surface area contributed by atoms with Crippen molar-refractivity contribution in [2.75, 3.05) is 19.5 Å². The van der Waals surface area contributed by atoms with E-state index in [1.165, 1.54) is 12.1 Å². The Kier molecular flexibility index (Phi) is 18.7. The van der Waals surface area contributed by atoms with E-state index in [4.69, 9.17) is 50.0 Å². The molecule has 83 heavy (non-hydrogen) atoms. The van der Waals surface area contributed by atoms with Crippen molar-refractivity contribution in [3.8, 4) is 61.7 Å². The molecular formula is C64H65F4N3O9S3. The average Bonchev–Trinajstić information content (AvgIpc) is 1.59. The summed E-state index contributed by atoms with van der Waals surface area (Å²) in [6, 6.07) is 31.1. The van der Waals surface area contributed by atoms with Crippen molar-refractivity contribution in [2.24, 2.45) is 0 Å². The van der Waals surface area contributed by atoms with Gasteiger partial charge in [-0.3, -0.25) is 4.18 Å². The number of nitrogens with zero attached hydrogens (tertiary/aromatic N) is 3. The van der Waals surface area contributed by atoms with Crippen LogP contribution in [0.15, 0.2) is 121 Å². The fraction of sp³-hybridized carbons (Fsp3) is 0.344. The van der Waals surface area contributed by atoms with E-state index in [2.05, 4.69) is 11.8 Å². The fourth-order valence-corrected chi connectivity index (χ4v) is 13.4. The van der Waals surface area contributed by atoms with Gasteiger partial charge in [-0.2, -0.15) is 21.3 Å². The third kappa shape index (κ3) is 15.6. The zero-order chi connectivity index (χ0) is 67.6. The molecule has 11 rings (SSSR count). The first-order valence-electron chi connectivity index (χ1n) is 29.9. The van der Waals surface area contributed by atoms with Gasteiger partial charge in [0.2, 0.25) is 0 Å². The molecule has 10 unspecified atom stereocenters. The standard InChI is InChI=1S/2C13H13F.2C12H12FNO3S.C12H11NO3S.2CH3/c2*1-2-3-7-12-11-8-5-4-6-10(11)9-13(12)14;2*1-2-7-14(18(15,16)17)12-10-6-4-3-5-9(10)8-11(12)13;1-2-7-13-12-10-6-4-3-5-9(10)8-11(12)16-17(13,14)15;;/h2*1,4-6,8,12-13H,3,7,9H2;2*1,3-6,11-12H,7-8H2,(H,15,16,17);1,3-6,11-12H,7-8H2;2*1H3/q;;;;;2*+1/p-2/i3D2,14-1;3D2;7D2,13-1;2*7D2;;. The van der Waals surface area contributed by atoms with Gasteiger partial charge in [0, 0.05) is 77.0 Å². The summed E-state index contributed by atoms with van der Waals surface area (Å²) in [5.74, 6) is 8.43. The van der Waals surface area contributed by atoms with E-state index in [0.29, 0.717) is 34.7 Å². The molecule has 5 aromatic rings. The van der Waals surface area contributed by atoms with Gasteiger partial charge in [-0.15, -0.1) is 44.0 Å². The summed E-state index contributed by atoms with van der Waals surface area (Å²) in [6.07, 6.45) is 16.8. The van der Waals surface area contributed by atoms with Gasteiger partial charge in [-0.25, -0.2) is 34.4 Å². The zero-order valence-corrected chi connectivity index (χ0v) is 47.4. The Morgan fingerprint density at radius 2 is 0.843 bits per heavy atom. The highest BCUT2D eigenvalue weighted by atomic mass is 32.2. The minimum atomic E-state index is -5.27.